The number of rotatable bonds is 1. The minimum Gasteiger partial charge on any atom is -0.490 e. The summed E-state index contributed by atoms with van der Waals surface area (Å²) in [7, 11) is 1.37. The standard InChI is InChI=1S/C11H12O3/c1-7-5-8-3-4-9(11(12)13-2)6-10(8)14-7/h3-4,6-7H,5H2,1-2H3. The highest BCUT2D eigenvalue weighted by Crippen LogP contribution is 2.29. The first-order valence-electron chi connectivity index (χ1n) is 4.58. The maximum Gasteiger partial charge on any atom is 0.337 e. The van der Waals surface area contributed by atoms with Gasteiger partial charge in [-0.3, -0.25) is 0 Å². The van der Waals surface area contributed by atoms with E-state index >= 15 is 0 Å². The van der Waals surface area contributed by atoms with Gasteiger partial charge in [0.1, 0.15) is 11.9 Å². The predicted octanol–water partition coefficient (Wildman–Crippen LogP) is 1.80. The Bertz CT molecular complexity index is 371. The van der Waals surface area contributed by atoms with Crippen LogP contribution < -0.4 is 4.74 Å². The fourth-order valence-electron chi connectivity index (χ4n) is 1.65. The van der Waals surface area contributed by atoms with Gasteiger partial charge in [0.25, 0.3) is 0 Å². The minimum absolute atomic E-state index is 0.206. The second kappa shape index (κ2) is 3.33. The molecule has 3 nitrogen and oxygen atoms in total. The third-order valence-corrected chi connectivity index (χ3v) is 2.32. The number of fused-ring (bicyclic) bond motifs is 1. The quantitative estimate of drug-likeness (QED) is 0.636. The molecule has 0 saturated heterocycles. The fourth-order valence-corrected chi connectivity index (χ4v) is 1.65. The fraction of sp³-hybridized carbons (Fsp3) is 0.364. The Labute approximate surface area is 82.6 Å². The van der Waals surface area contributed by atoms with Crippen LogP contribution in [0.25, 0.3) is 0 Å². The molecule has 1 aromatic rings. The van der Waals surface area contributed by atoms with Gasteiger partial charge in [-0.1, -0.05) is 6.07 Å². The molecule has 1 aromatic carbocycles. The molecule has 0 fully saturated rings. The van der Waals surface area contributed by atoms with Crippen LogP contribution >= 0.6 is 0 Å². The number of ether oxygens (including phenoxy) is 2. The number of hydrogen-bond donors (Lipinski definition) is 0. The topological polar surface area (TPSA) is 35.5 Å². The summed E-state index contributed by atoms with van der Waals surface area (Å²) >= 11 is 0. The van der Waals surface area contributed by atoms with E-state index in [1.54, 1.807) is 12.1 Å². The van der Waals surface area contributed by atoms with Gasteiger partial charge < -0.3 is 9.47 Å². The molecule has 0 radical (unpaired) electrons. The number of methoxy groups -OCH3 is 1. The molecule has 1 unspecified atom stereocenters. The van der Waals surface area contributed by atoms with E-state index in [1.165, 1.54) is 7.11 Å². The molecule has 0 N–H and O–H groups in total. The molecule has 3 heteroatoms. The first kappa shape index (κ1) is 9.06. The summed E-state index contributed by atoms with van der Waals surface area (Å²) in [5.74, 6) is 0.483. The van der Waals surface area contributed by atoms with Crippen LogP contribution in [-0.2, 0) is 11.2 Å². The van der Waals surface area contributed by atoms with Gasteiger partial charge in [-0.05, 0) is 24.6 Å². The van der Waals surface area contributed by atoms with Gasteiger partial charge >= 0.3 is 5.97 Å². The van der Waals surface area contributed by atoms with Crippen molar-refractivity contribution in [2.45, 2.75) is 19.4 Å². The molecule has 0 spiro atoms. The molecule has 1 aliphatic heterocycles. The second-order valence-electron chi connectivity index (χ2n) is 3.45. The number of esters is 1. The van der Waals surface area contributed by atoms with Crippen LogP contribution in [0.4, 0.5) is 0 Å². The van der Waals surface area contributed by atoms with Crippen LogP contribution in [0.5, 0.6) is 5.75 Å². The Morgan fingerprint density at radius 3 is 3.07 bits per heavy atom. The molecule has 1 heterocycles. The summed E-state index contributed by atoms with van der Waals surface area (Å²) in [6.07, 6.45) is 1.12. The summed E-state index contributed by atoms with van der Waals surface area (Å²) in [4.78, 5) is 11.2. The third kappa shape index (κ3) is 1.45. The number of benzene rings is 1. The van der Waals surface area contributed by atoms with Crippen LogP contribution in [0.15, 0.2) is 18.2 Å². The Kier molecular flexibility index (Phi) is 2.15. The van der Waals surface area contributed by atoms with Gasteiger partial charge in [0.15, 0.2) is 0 Å². The smallest absolute Gasteiger partial charge is 0.337 e. The van der Waals surface area contributed by atoms with Crippen molar-refractivity contribution in [3.63, 3.8) is 0 Å². The largest absolute Gasteiger partial charge is 0.490 e. The van der Waals surface area contributed by atoms with E-state index in [-0.39, 0.29) is 12.1 Å². The Morgan fingerprint density at radius 2 is 2.36 bits per heavy atom. The molecule has 0 saturated carbocycles. The zero-order valence-electron chi connectivity index (χ0n) is 8.24. The summed E-state index contributed by atoms with van der Waals surface area (Å²) in [5.41, 5.74) is 1.70. The molecule has 0 bridgehead atoms. The van der Waals surface area contributed by atoms with Crippen molar-refractivity contribution in [2.24, 2.45) is 0 Å². The zero-order chi connectivity index (χ0) is 10.1. The van der Waals surface area contributed by atoms with Gasteiger partial charge in [-0.15, -0.1) is 0 Å². The molecule has 0 amide bonds. The summed E-state index contributed by atoms with van der Waals surface area (Å²) in [5, 5.41) is 0. The van der Waals surface area contributed by atoms with Gasteiger partial charge in [-0.25, -0.2) is 4.79 Å². The van der Waals surface area contributed by atoms with Crippen molar-refractivity contribution in [3.05, 3.63) is 29.3 Å². The van der Waals surface area contributed by atoms with Gasteiger partial charge in [-0.2, -0.15) is 0 Å². The van der Waals surface area contributed by atoms with E-state index in [0.717, 1.165) is 17.7 Å². The van der Waals surface area contributed by atoms with Crippen molar-refractivity contribution in [2.75, 3.05) is 7.11 Å². The maximum atomic E-state index is 11.2. The lowest BCUT2D eigenvalue weighted by molar-refractivity contribution is 0.0600. The lowest BCUT2D eigenvalue weighted by Gasteiger charge is -2.03. The summed E-state index contributed by atoms with van der Waals surface area (Å²) in [6, 6.07) is 5.43. The predicted molar refractivity (Wildman–Crippen MR) is 51.6 cm³/mol. The first-order chi connectivity index (χ1) is 6.70. The maximum absolute atomic E-state index is 11.2. The van der Waals surface area contributed by atoms with E-state index in [2.05, 4.69) is 4.74 Å². The number of carbonyl (C=O) groups excluding carboxylic acids is 1. The van der Waals surface area contributed by atoms with Gasteiger partial charge in [0, 0.05) is 6.42 Å². The average molecular weight is 192 g/mol. The highest BCUT2D eigenvalue weighted by atomic mass is 16.5. The molecule has 0 aliphatic carbocycles. The number of hydrogen-bond acceptors (Lipinski definition) is 3. The molecule has 2 rings (SSSR count). The summed E-state index contributed by atoms with van der Waals surface area (Å²) < 4.78 is 10.2. The SMILES string of the molecule is COC(=O)c1ccc2c(c1)OC(C)C2. The molecule has 1 atom stereocenters. The molecular formula is C11H12O3. The van der Waals surface area contributed by atoms with E-state index in [4.69, 9.17) is 4.74 Å². The zero-order valence-corrected chi connectivity index (χ0v) is 8.24. The van der Waals surface area contributed by atoms with Crippen LogP contribution in [0.1, 0.15) is 22.8 Å². The molecule has 74 valence electrons. The van der Waals surface area contributed by atoms with Crippen molar-refractivity contribution in [1.82, 2.24) is 0 Å². The number of carbonyl (C=O) groups is 1. The van der Waals surface area contributed by atoms with E-state index in [9.17, 15) is 4.79 Å². The third-order valence-electron chi connectivity index (χ3n) is 2.32. The van der Waals surface area contributed by atoms with Crippen molar-refractivity contribution in [3.8, 4) is 5.75 Å². The monoisotopic (exact) mass is 192 g/mol. The Balaban J connectivity index is 2.33. The van der Waals surface area contributed by atoms with Crippen molar-refractivity contribution in [1.29, 1.82) is 0 Å². The second-order valence-corrected chi connectivity index (χ2v) is 3.45. The molecule has 1 aliphatic rings. The first-order valence-corrected chi connectivity index (χ1v) is 4.58. The van der Waals surface area contributed by atoms with Crippen LogP contribution in [0, 0.1) is 0 Å². The lowest BCUT2D eigenvalue weighted by atomic mass is 10.1. The Morgan fingerprint density at radius 1 is 1.57 bits per heavy atom. The molecule has 14 heavy (non-hydrogen) atoms. The Hall–Kier alpha value is -1.51. The van der Waals surface area contributed by atoms with E-state index in [0.29, 0.717) is 5.56 Å². The van der Waals surface area contributed by atoms with Crippen LogP contribution in [-0.4, -0.2) is 19.2 Å². The minimum atomic E-state index is -0.323. The van der Waals surface area contributed by atoms with Crippen molar-refractivity contribution < 1.29 is 14.3 Å². The highest BCUT2D eigenvalue weighted by Gasteiger charge is 2.20. The van der Waals surface area contributed by atoms with E-state index in [1.807, 2.05) is 13.0 Å². The summed E-state index contributed by atoms with van der Waals surface area (Å²) in [6.45, 7) is 2.01. The normalized spacial score (nSPS) is 18.6. The van der Waals surface area contributed by atoms with Gasteiger partial charge in [0.05, 0.1) is 12.7 Å². The van der Waals surface area contributed by atoms with E-state index < -0.39 is 0 Å². The molecular weight excluding hydrogens is 180 g/mol. The highest BCUT2D eigenvalue weighted by molar-refractivity contribution is 5.90. The average Bonchev–Trinajstić information content (AvgIpc) is 2.55. The van der Waals surface area contributed by atoms with Gasteiger partial charge in [0.2, 0.25) is 0 Å². The van der Waals surface area contributed by atoms with Crippen molar-refractivity contribution >= 4 is 5.97 Å². The molecule has 0 aromatic heterocycles. The van der Waals surface area contributed by atoms with Crippen LogP contribution in [0.2, 0.25) is 0 Å². The van der Waals surface area contributed by atoms with Crippen LogP contribution in [0.3, 0.4) is 0 Å². The lowest BCUT2D eigenvalue weighted by Crippen LogP contribution is -2.05.